The first kappa shape index (κ1) is 13.8. The first-order chi connectivity index (χ1) is 9.95. The molecule has 110 valence electrons. The number of halogens is 3. The molecule has 2 aromatic carbocycles. The summed E-state index contributed by atoms with van der Waals surface area (Å²) in [7, 11) is 0. The first-order valence-electron chi connectivity index (χ1n) is 6.34. The Labute approximate surface area is 118 Å². The number of hydrogen-bond acceptors (Lipinski definition) is 3. The van der Waals surface area contributed by atoms with Gasteiger partial charge in [-0.2, -0.15) is 0 Å². The molecule has 0 aliphatic carbocycles. The Bertz CT molecular complexity index is 706. The minimum atomic E-state index is -1.26. The predicted octanol–water partition coefficient (Wildman–Crippen LogP) is 2.81. The van der Waals surface area contributed by atoms with Gasteiger partial charge in [0.25, 0.3) is 0 Å². The summed E-state index contributed by atoms with van der Waals surface area (Å²) in [6.45, 7) is 0. The van der Waals surface area contributed by atoms with E-state index in [1.54, 1.807) is 0 Å². The Balaban J connectivity index is 2.01. The highest BCUT2D eigenvalue weighted by Crippen LogP contribution is 2.37. The quantitative estimate of drug-likeness (QED) is 0.795. The second kappa shape index (κ2) is 4.96. The van der Waals surface area contributed by atoms with Crippen LogP contribution in [0.2, 0.25) is 0 Å². The molecule has 1 heterocycles. The van der Waals surface area contributed by atoms with Crippen LogP contribution in [0.1, 0.15) is 17.2 Å². The average molecular weight is 295 g/mol. The summed E-state index contributed by atoms with van der Waals surface area (Å²) >= 11 is 0. The number of benzene rings is 2. The topological polar surface area (TPSA) is 55.5 Å². The third-order valence-electron chi connectivity index (χ3n) is 3.49. The van der Waals surface area contributed by atoms with Crippen molar-refractivity contribution < 1.29 is 23.0 Å². The highest BCUT2D eigenvalue weighted by molar-refractivity contribution is 5.43. The molecule has 1 aliphatic heterocycles. The highest BCUT2D eigenvalue weighted by Gasteiger charge is 2.31. The van der Waals surface area contributed by atoms with Crippen molar-refractivity contribution in [3.8, 4) is 11.5 Å². The normalized spacial score (nSPS) is 20.8. The number of ether oxygens (including phenoxy) is 1. The number of fused-ring (bicyclic) bond motifs is 1. The molecule has 1 aliphatic rings. The lowest BCUT2D eigenvalue weighted by molar-refractivity contribution is 0.148. The SMILES string of the molecule is NC1Cc2cc(O)ccc2OC1c1cc(F)c(F)cc1F. The van der Waals surface area contributed by atoms with E-state index >= 15 is 0 Å². The molecular formula is C15H12F3NO2. The van der Waals surface area contributed by atoms with E-state index in [9.17, 15) is 18.3 Å². The zero-order chi connectivity index (χ0) is 15.1. The number of phenols is 1. The van der Waals surface area contributed by atoms with Crippen molar-refractivity contribution in [2.75, 3.05) is 0 Å². The van der Waals surface area contributed by atoms with Gasteiger partial charge < -0.3 is 15.6 Å². The Morgan fingerprint density at radius 3 is 2.52 bits per heavy atom. The highest BCUT2D eigenvalue weighted by atomic mass is 19.2. The van der Waals surface area contributed by atoms with Crippen molar-refractivity contribution >= 4 is 0 Å². The molecule has 2 unspecified atom stereocenters. The van der Waals surface area contributed by atoms with Crippen molar-refractivity contribution in [1.82, 2.24) is 0 Å². The molecule has 2 atom stereocenters. The summed E-state index contributed by atoms with van der Waals surface area (Å²) < 4.78 is 45.8. The van der Waals surface area contributed by atoms with Gasteiger partial charge in [-0.25, -0.2) is 13.2 Å². The maximum Gasteiger partial charge on any atom is 0.161 e. The maximum absolute atomic E-state index is 13.8. The van der Waals surface area contributed by atoms with Gasteiger partial charge in [-0.3, -0.25) is 0 Å². The summed E-state index contributed by atoms with van der Waals surface area (Å²) in [6, 6.07) is 5.06. The van der Waals surface area contributed by atoms with Gasteiger partial charge in [-0.15, -0.1) is 0 Å². The van der Waals surface area contributed by atoms with Crippen molar-refractivity contribution in [3.05, 3.63) is 58.9 Å². The molecule has 3 rings (SSSR count). The third-order valence-corrected chi connectivity index (χ3v) is 3.49. The summed E-state index contributed by atoms with van der Waals surface area (Å²) in [5.41, 5.74) is 6.50. The van der Waals surface area contributed by atoms with Gasteiger partial charge in [-0.1, -0.05) is 0 Å². The van der Waals surface area contributed by atoms with E-state index in [0.29, 0.717) is 23.8 Å². The molecule has 0 amide bonds. The number of nitrogens with two attached hydrogens (primary N) is 1. The monoisotopic (exact) mass is 295 g/mol. The van der Waals surface area contributed by atoms with Crippen LogP contribution in [0.15, 0.2) is 30.3 Å². The van der Waals surface area contributed by atoms with Gasteiger partial charge in [0.1, 0.15) is 23.4 Å². The molecule has 0 spiro atoms. The molecule has 0 fully saturated rings. The molecule has 6 heteroatoms. The van der Waals surface area contributed by atoms with Gasteiger partial charge in [0.2, 0.25) is 0 Å². The lowest BCUT2D eigenvalue weighted by atomic mass is 9.93. The van der Waals surface area contributed by atoms with Crippen LogP contribution in [0.5, 0.6) is 11.5 Å². The molecule has 21 heavy (non-hydrogen) atoms. The summed E-state index contributed by atoms with van der Waals surface area (Å²) in [6.07, 6.45) is -0.593. The van der Waals surface area contributed by atoms with Crippen molar-refractivity contribution in [1.29, 1.82) is 0 Å². The van der Waals surface area contributed by atoms with E-state index in [-0.39, 0.29) is 11.3 Å². The van der Waals surface area contributed by atoms with Crippen LogP contribution < -0.4 is 10.5 Å². The summed E-state index contributed by atoms with van der Waals surface area (Å²) in [5, 5.41) is 9.42. The van der Waals surface area contributed by atoms with Crippen molar-refractivity contribution in [2.45, 2.75) is 18.6 Å². The Kier molecular flexibility index (Phi) is 3.25. The van der Waals surface area contributed by atoms with Gasteiger partial charge in [0.15, 0.2) is 11.6 Å². The zero-order valence-electron chi connectivity index (χ0n) is 10.8. The van der Waals surface area contributed by atoms with Gasteiger partial charge in [-0.05, 0) is 36.2 Å². The molecule has 0 radical (unpaired) electrons. The summed E-state index contributed by atoms with van der Waals surface area (Å²) in [5.74, 6) is -2.81. The number of phenolic OH excluding ortho intramolecular Hbond substituents is 1. The molecule has 3 N–H and O–H groups in total. The van der Waals surface area contributed by atoms with Crippen LogP contribution >= 0.6 is 0 Å². The van der Waals surface area contributed by atoms with Gasteiger partial charge >= 0.3 is 0 Å². The van der Waals surface area contributed by atoms with Gasteiger partial charge in [0, 0.05) is 11.6 Å². The van der Waals surface area contributed by atoms with Crippen LogP contribution in [-0.4, -0.2) is 11.1 Å². The van der Waals surface area contributed by atoms with Crippen LogP contribution in [0.4, 0.5) is 13.2 Å². The van der Waals surface area contributed by atoms with E-state index < -0.39 is 29.6 Å². The molecule has 0 bridgehead atoms. The smallest absolute Gasteiger partial charge is 0.161 e. The Hall–Kier alpha value is -2.21. The minimum Gasteiger partial charge on any atom is -0.508 e. The third kappa shape index (κ3) is 2.42. The summed E-state index contributed by atoms with van der Waals surface area (Å²) in [4.78, 5) is 0. The van der Waals surface area contributed by atoms with E-state index in [1.165, 1.54) is 18.2 Å². The number of rotatable bonds is 1. The van der Waals surface area contributed by atoms with Crippen LogP contribution in [0.25, 0.3) is 0 Å². The van der Waals surface area contributed by atoms with Crippen molar-refractivity contribution in [2.24, 2.45) is 5.73 Å². The maximum atomic E-state index is 13.8. The average Bonchev–Trinajstić information content (AvgIpc) is 2.42. The first-order valence-corrected chi connectivity index (χ1v) is 6.34. The molecule has 3 nitrogen and oxygen atoms in total. The van der Waals surface area contributed by atoms with E-state index in [0.717, 1.165) is 6.07 Å². The molecule has 2 aromatic rings. The van der Waals surface area contributed by atoms with E-state index in [1.807, 2.05) is 0 Å². The molecule has 0 aromatic heterocycles. The largest absolute Gasteiger partial charge is 0.508 e. The lowest BCUT2D eigenvalue weighted by Gasteiger charge is -2.32. The van der Waals surface area contributed by atoms with E-state index in [4.69, 9.17) is 10.5 Å². The van der Waals surface area contributed by atoms with E-state index in [2.05, 4.69) is 0 Å². The van der Waals surface area contributed by atoms with Crippen LogP contribution in [0.3, 0.4) is 0 Å². The fourth-order valence-electron chi connectivity index (χ4n) is 2.48. The Morgan fingerprint density at radius 2 is 1.76 bits per heavy atom. The predicted molar refractivity (Wildman–Crippen MR) is 69.5 cm³/mol. The number of hydrogen-bond donors (Lipinski definition) is 2. The van der Waals surface area contributed by atoms with Gasteiger partial charge in [0.05, 0.1) is 6.04 Å². The lowest BCUT2D eigenvalue weighted by Crippen LogP contribution is -2.38. The fraction of sp³-hybridized carbons (Fsp3) is 0.200. The molecule has 0 saturated heterocycles. The fourth-order valence-corrected chi connectivity index (χ4v) is 2.48. The molecule has 0 saturated carbocycles. The minimum absolute atomic E-state index is 0.0713. The second-order valence-corrected chi connectivity index (χ2v) is 4.99. The standard InChI is InChI=1S/C15H12F3NO2/c16-10-6-12(18)11(17)5-9(10)15-13(19)4-7-3-8(20)1-2-14(7)21-15/h1-3,5-6,13,15,20H,4,19H2. The number of aromatic hydroxyl groups is 1. The molecular weight excluding hydrogens is 283 g/mol. The van der Waals surface area contributed by atoms with Crippen molar-refractivity contribution in [3.63, 3.8) is 0 Å². The Morgan fingerprint density at radius 1 is 1.05 bits per heavy atom. The van der Waals surface area contributed by atoms with Crippen LogP contribution in [-0.2, 0) is 6.42 Å². The zero-order valence-corrected chi connectivity index (χ0v) is 10.8. The second-order valence-electron chi connectivity index (χ2n) is 4.99. The van der Waals surface area contributed by atoms with Crippen LogP contribution in [0, 0.1) is 17.5 Å².